The third-order valence-electron chi connectivity index (χ3n) is 5.76. The first-order chi connectivity index (χ1) is 14.7. The van der Waals surface area contributed by atoms with Gasteiger partial charge in [0.1, 0.15) is 5.82 Å². The van der Waals surface area contributed by atoms with Crippen LogP contribution >= 0.6 is 11.8 Å². The Morgan fingerprint density at radius 1 is 1.10 bits per heavy atom. The van der Waals surface area contributed by atoms with Gasteiger partial charge in [0, 0.05) is 30.9 Å². The van der Waals surface area contributed by atoms with Crippen LogP contribution in [0.5, 0.6) is 0 Å². The molecule has 4 rings (SSSR count). The first kappa shape index (κ1) is 21.8. The van der Waals surface area contributed by atoms with Crippen LogP contribution < -0.4 is 0 Å². The Morgan fingerprint density at radius 2 is 1.77 bits per heavy atom. The minimum absolute atomic E-state index is 0.0728. The van der Waals surface area contributed by atoms with Crippen molar-refractivity contribution in [2.24, 2.45) is 0 Å². The van der Waals surface area contributed by atoms with E-state index < -0.39 is 9.84 Å². The maximum atomic E-state index is 14.1. The summed E-state index contributed by atoms with van der Waals surface area (Å²) in [6, 6.07) is 11.4. The largest absolute Gasteiger partial charge is 0.341 e. The predicted molar refractivity (Wildman–Crippen MR) is 125 cm³/mol. The van der Waals surface area contributed by atoms with Gasteiger partial charge >= 0.3 is 0 Å². The number of rotatable bonds is 4. The van der Waals surface area contributed by atoms with Crippen LogP contribution in [0.25, 0.3) is 17.2 Å². The van der Waals surface area contributed by atoms with Crippen molar-refractivity contribution in [3.05, 3.63) is 70.5 Å². The van der Waals surface area contributed by atoms with Crippen molar-refractivity contribution < 1.29 is 17.6 Å². The van der Waals surface area contributed by atoms with E-state index >= 15 is 0 Å². The molecule has 31 heavy (non-hydrogen) atoms. The number of hydrogen-bond acceptors (Lipinski definition) is 4. The molecule has 1 heterocycles. The predicted octanol–water partition coefficient (Wildman–Crippen LogP) is 4.52. The number of benzene rings is 2. The van der Waals surface area contributed by atoms with Gasteiger partial charge in [0.2, 0.25) is 5.91 Å². The highest BCUT2D eigenvalue weighted by Crippen LogP contribution is 2.44. The Labute approximate surface area is 186 Å². The van der Waals surface area contributed by atoms with Gasteiger partial charge in [-0.15, -0.1) is 0 Å². The van der Waals surface area contributed by atoms with Crippen LogP contribution in [0, 0.1) is 5.82 Å². The molecule has 1 fully saturated rings. The molecular formula is C24H24FNO3S2. The summed E-state index contributed by atoms with van der Waals surface area (Å²) in [7, 11) is -3.26. The molecule has 162 valence electrons. The first-order valence-electron chi connectivity index (χ1n) is 10.1. The fourth-order valence-corrected chi connectivity index (χ4v) is 5.57. The zero-order valence-electron chi connectivity index (χ0n) is 17.5. The van der Waals surface area contributed by atoms with Gasteiger partial charge in [-0.25, -0.2) is 12.8 Å². The zero-order chi connectivity index (χ0) is 22.2. The van der Waals surface area contributed by atoms with Crippen LogP contribution in [0.3, 0.4) is 0 Å². The second-order valence-corrected chi connectivity index (χ2v) is 11.1. The lowest BCUT2D eigenvalue weighted by atomic mass is 10.0. The third-order valence-corrected chi connectivity index (χ3v) is 7.84. The monoisotopic (exact) mass is 457 g/mol. The SMILES string of the molecule is CC1=C(CC(=O)N2CCSCC2)c2cc(F)ccc2/C1=C\c1ccc(S(C)(=O)=O)cc1. The normalized spacial score (nSPS) is 17.9. The molecule has 0 unspecified atom stereocenters. The molecule has 0 N–H and O–H groups in total. The Kier molecular flexibility index (Phi) is 6.08. The Hall–Kier alpha value is -2.38. The molecule has 0 bridgehead atoms. The van der Waals surface area contributed by atoms with Crippen molar-refractivity contribution >= 4 is 44.7 Å². The molecule has 0 aromatic heterocycles. The highest BCUT2D eigenvalue weighted by Gasteiger charge is 2.27. The highest BCUT2D eigenvalue weighted by molar-refractivity contribution is 7.99. The lowest BCUT2D eigenvalue weighted by Gasteiger charge is -2.26. The zero-order valence-corrected chi connectivity index (χ0v) is 19.2. The molecule has 0 radical (unpaired) electrons. The molecule has 0 atom stereocenters. The second-order valence-electron chi connectivity index (χ2n) is 7.86. The van der Waals surface area contributed by atoms with Crippen LogP contribution in [0.2, 0.25) is 0 Å². The number of allylic oxidation sites excluding steroid dienone is 2. The van der Waals surface area contributed by atoms with E-state index in [1.54, 1.807) is 30.3 Å². The molecule has 4 nitrogen and oxygen atoms in total. The van der Waals surface area contributed by atoms with E-state index in [0.717, 1.165) is 58.0 Å². The fraction of sp³-hybridized carbons (Fsp3) is 0.292. The van der Waals surface area contributed by atoms with Crippen LogP contribution in [-0.4, -0.2) is 50.1 Å². The maximum absolute atomic E-state index is 14.1. The fourth-order valence-electron chi connectivity index (χ4n) is 4.04. The van der Waals surface area contributed by atoms with Gasteiger partial charge in [-0.2, -0.15) is 11.8 Å². The topological polar surface area (TPSA) is 54.5 Å². The van der Waals surface area contributed by atoms with E-state index in [-0.39, 0.29) is 23.0 Å². The summed E-state index contributed by atoms with van der Waals surface area (Å²) in [4.78, 5) is 15.1. The molecule has 1 aliphatic heterocycles. The molecular weight excluding hydrogens is 433 g/mol. The Balaban J connectivity index is 1.71. The van der Waals surface area contributed by atoms with Crippen molar-refractivity contribution in [3.8, 4) is 0 Å². The average Bonchev–Trinajstić information content (AvgIpc) is 2.99. The summed E-state index contributed by atoms with van der Waals surface area (Å²) in [6.07, 6.45) is 3.39. The number of carbonyl (C=O) groups is 1. The minimum atomic E-state index is -3.26. The molecule has 0 saturated carbocycles. The minimum Gasteiger partial charge on any atom is -0.341 e. The third kappa shape index (κ3) is 4.62. The van der Waals surface area contributed by atoms with Gasteiger partial charge in [-0.05, 0) is 70.7 Å². The summed E-state index contributed by atoms with van der Waals surface area (Å²) < 4.78 is 37.5. The Morgan fingerprint density at radius 3 is 2.42 bits per heavy atom. The van der Waals surface area contributed by atoms with Crippen molar-refractivity contribution in [2.75, 3.05) is 30.9 Å². The van der Waals surface area contributed by atoms with Crippen molar-refractivity contribution in [2.45, 2.75) is 18.2 Å². The lowest BCUT2D eigenvalue weighted by molar-refractivity contribution is -0.129. The molecule has 2 aliphatic rings. The van der Waals surface area contributed by atoms with Gasteiger partial charge < -0.3 is 4.90 Å². The number of halogens is 1. The molecule has 7 heteroatoms. The number of amides is 1. The van der Waals surface area contributed by atoms with E-state index in [0.29, 0.717) is 0 Å². The standard InChI is InChI=1S/C24H24FNO3S2/c1-16-21(13-17-3-6-19(7-4-17)31(2,28)29)20-8-5-18(25)14-23(20)22(16)15-24(27)26-9-11-30-12-10-26/h3-8,13-14H,9-12,15H2,1-2H3/b21-13-. The Bertz CT molecular complexity index is 1190. The van der Waals surface area contributed by atoms with Gasteiger partial charge in [0.15, 0.2) is 9.84 Å². The molecule has 1 amide bonds. The summed E-state index contributed by atoms with van der Waals surface area (Å²) in [5, 5.41) is 0. The van der Waals surface area contributed by atoms with Crippen molar-refractivity contribution in [3.63, 3.8) is 0 Å². The second kappa shape index (κ2) is 8.63. The lowest BCUT2D eigenvalue weighted by Crippen LogP contribution is -2.37. The number of nitrogens with zero attached hydrogens (tertiary/aromatic N) is 1. The van der Waals surface area contributed by atoms with Gasteiger partial charge in [0.05, 0.1) is 11.3 Å². The average molecular weight is 458 g/mol. The van der Waals surface area contributed by atoms with Gasteiger partial charge in [-0.3, -0.25) is 4.79 Å². The number of fused-ring (bicyclic) bond motifs is 1. The van der Waals surface area contributed by atoms with Gasteiger partial charge in [0.25, 0.3) is 0 Å². The quantitative estimate of drug-likeness (QED) is 0.677. The molecule has 1 aliphatic carbocycles. The molecule has 2 aromatic carbocycles. The van der Waals surface area contributed by atoms with Crippen molar-refractivity contribution in [1.82, 2.24) is 4.90 Å². The van der Waals surface area contributed by atoms with E-state index in [9.17, 15) is 17.6 Å². The highest BCUT2D eigenvalue weighted by atomic mass is 32.2. The number of carbonyl (C=O) groups excluding carboxylic acids is 1. The van der Waals surface area contributed by atoms with E-state index in [1.165, 1.54) is 18.4 Å². The summed E-state index contributed by atoms with van der Waals surface area (Å²) >= 11 is 1.85. The number of thioether (sulfide) groups is 1. The van der Waals surface area contributed by atoms with Crippen LogP contribution in [-0.2, 0) is 14.6 Å². The maximum Gasteiger partial charge on any atom is 0.227 e. The summed E-state index contributed by atoms with van der Waals surface area (Å²) in [6.45, 7) is 3.46. The van der Waals surface area contributed by atoms with Crippen molar-refractivity contribution in [1.29, 1.82) is 0 Å². The molecule has 1 saturated heterocycles. The van der Waals surface area contributed by atoms with Gasteiger partial charge in [-0.1, -0.05) is 18.2 Å². The molecule has 2 aromatic rings. The molecule has 0 spiro atoms. The number of hydrogen-bond donors (Lipinski definition) is 0. The van der Waals surface area contributed by atoms with E-state index in [2.05, 4.69) is 0 Å². The smallest absolute Gasteiger partial charge is 0.227 e. The van der Waals surface area contributed by atoms with Crippen LogP contribution in [0.15, 0.2) is 52.9 Å². The van der Waals surface area contributed by atoms with Crippen LogP contribution in [0.1, 0.15) is 30.0 Å². The first-order valence-corrected chi connectivity index (χ1v) is 13.2. The van der Waals surface area contributed by atoms with E-state index in [4.69, 9.17) is 0 Å². The van der Waals surface area contributed by atoms with Crippen LogP contribution in [0.4, 0.5) is 4.39 Å². The summed E-state index contributed by atoms with van der Waals surface area (Å²) in [5.74, 6) is 1.64. The van der Waals surface area contributed by atoms with E-state index in [1.807, 2.05) is 29.7 Å². The number of sulfone groups is 1. The summed E-state index contributed by atoms with van der Waals surface area (Å²) in [5.41, 5.74) is 5.24.